The van der Waals surface area contributed by atoms with Crippen LogP contribution in [0.15, 0.2) is 36.4 Å². The van der Waals surface area contributed by atoms with Gasteiger partial charge >= 0.3 is 0 Å². The van der Waals surface area contributed by atoms with Gasteiger partial charge in [0.1, 0.15) is 11.5 Å². The molecule has 0 aliphatic heterocycles. The van der Waals surface area contributed by atoms with Crippen molar-refractivity contribution in [1.29, 1.82) is 0 Å². The van der Waals surface area contributed by atoms with Gasteiger partial charge in [-0.15, -0.1) is 0 Å². The molecule has 0 amide bonds. The predicted octanol–water partition coefficient (Wildman–Crippen LogP) is 4.88. The van der Waals surface area contributed by atoms with E-state index in [0.717, 1.165) is 34.9 Å². The zero-order valence-electron chi connectivity index (χ0n) is 10.9. The fourth-order valence-electron chi connectivity index (χ4n) is 2.11. The zero-order chi connectivity index (χ0) is 13.5. The first-order valence-corrected chi connectivity index (χ1v) is 7.84. The Balaban J connectivity index is 1.96. The Bertz CT molecular complexity index is 525. The van der Waals surface area contributed by atoms with Crippen molar-refractivity contribution in [3.8, 4) is 11.5 Å². The topological polar surface area (TPSA) is 29.5 Å². The molecule has 0 radical (unpaired) electrons. The Morgan fingerprint density at radius 1 is 0.895 bits per heavy atom. The zero-order valence-corrected chi connectivity index (χ0v) is 12.5. The molecular formula is C16H19BrO2. The molecule has 0 fully saturated rings. The molecule has 0 saturated heterocycles. The Morgan fingerprint density at radius 3 is 2.42 bits per heavy atom. The molecule has 2 aromatic rings. The lowest BCUT2D eigenvalue weighted by molar-refractivity contribution is 0.308. The van der Waals surface area contributed by atoms with Gasteiger partial charge in [-0.25, -0.2) is 0 Å². The van der Waals surface area contributed by atoms with Crippen molar-refractivity contribution in [2.75, 3.05) is 11.9 Å². The summed E-state index contributed by atoms with van der Waals surface area (Å²) in [6.45, 7) is 0.733. The van der Waals surface area contributed by atoms with Crippen LogP contribution in [0.25, 0.3) is 10.8 Å². The van der Waals surface area contributed by atoms with E-state index in [1.807, 2.05) is 30.3 Å². The number of hydrogen-bond donors (Lipinski definition) is 1. The molecule has 2 rings (SSSR count). The van der Waals surface area contributed by atoms with Crippen molar-refractivity contribution >= 4 is 26.7 Å². The molecule has 0 aliphatic carbocycles. The van der Waals surface area contributed by atoms with Crippen molar-refractivity contribution < 1.29 is 9.84 Å². The Labute approximate surface area is 122 Å². The first-order valence-electron chi connectivity index (χ1n) is 6.72. The lowest BCUT2D eigenvalue weighted by atomic mass is 10.1. The Hall–Kier alpha value is -1.22. The van der Waals surface area contributed by atoms with Crippen molar-refractivity contribution in [3.05, 3.63) is 36.4 Å². The van der Waals surface area contributed by atoms with Crippen LogP contribution in [0.3, 0.4) is 0 Å². The average molecular weight is 323 g/mol. The molecule has 0 spiro atoms. The van der Waals surface area contributed by atoms with E-state index >= 15 is 0 Å². The number of benzene rings is 2. The molecule has 0 atom stereocenters. The molecule has 0 aromatic heterocycles. The predicted molar refractivity (Wildman–Crippen MR) is 83.4 cm³/mol. The molecule has 19 heavy (non-hydrogen) atoms. The normalized spacial score (nSPS) is 10.8. The second kappa shape index (κ2) is 7.39. The summed E-state index contributed by atoms with van der Waals surface area (Å²) in [6, 6.07) is 11.3. The third-order valence-corrected chi connectivity index (χ3v) is 3.71. The van der Waals surface area contributed by atoms with Gasteiger partial charge in [0.2, 0.25) is 0 Å². The van der Waals surface area contributed by atoms with Crippen LogP contribution in [0.2, 0.25) is 0 Å². The van der Waals surface area contributed by atoms with E-state index in [1.165, 1.54) is 19.3 Å². The van der Waals surface area contributed by atoms with Gasteiger partial charge in [-0.2, -0.15) is 0 Å². The molecule has 1 N–H and O–H groups in total. The summed E-state index contributed by atoms with van der Waals surface area (Å²) >= 11 is 3.43. The number of unbranched alkanes of at least 4 members (excludes halogenated alkanes) is 3. The van der Waals surface area contributed by atoms with Crippen LogP contribution in [-0.4, -0.2) is 17.0 Å². The number of phenols is 1. The van der Waals surface area contributed by atoms with Gasteiger partial charge in [0.25, 0.3) is 0 Å². The van der Waals surface area contributed by atoms with Gasteiger partial charge in [0.05, 0.1) is 6.61 Å². The first-order chi connectivity index (χ1) is 9.33. The minimum atomic E-state index is 0.306. The first kappa shape index (κ1) is 14.2. The van der Waals surface area contributed by atoms with E-state index in [-0.39, 0.29) is 0 Å². The molecule has 0 heterocycles. The molecule has 0 bridgehead atoms. The van der Waals surface area contributed by atoms with E-state index < -0.39 is 0 Å². The second-order valence-electron chi connectivity index (χ2n) is 4.58. The fourth-order valence-corrected chi connectivity index (χ4v) is 2.51. The van der Waals surface area contributed by atoms with Crippen LogP contribution in [0.1, 0.15) is 25.7 Å². The van der Waals surface area contributed by atoms with Gasteiger partial charge < -0.3 is 9.84 Å². The molecule has 0 aliphatic rings. The molecule has 102 valence electrons. The third-order valence-electron chi connectivity index (χ3n) is 3.15. The summed E-state index contributed by atoms with van der Waals surface area (Å²) in [4.78, 5) is 0. The summed E-state index contributed by atoms with van der Waals surface area (Å²) in [5, 5.41) is 12.7. The number of halogens is 1. The fraction of sp³-hybridized carbons (Fsp3) is 0.375. The number of rotatable bonds is 7. The standard InChI is InChI=1S/C16H19BrO2/c17-11-5-1-2-6-12-19-16-10-9-15(18)13-7-3-4-8-14(13)16/h3-4,7-10,18H,1-2,5-6,11-12H2. The molecular weight excluding hydrogens is 304 g/mol. The highest BCUT2D eigenvalue weighted by Crippen LogP contribution is 2.32. The van der Waals surface area contributed by atoms with E-state index in [4.69, 9.17) is 4.74 Å². The van der Waals surface area contributed by atoms with E-state index in [2.05, 4.69) is 15.9 Å². The largest absolute Gasteiger partial charge is 0.507 e. The lowest BCUT2D eigenvalue weighted by Crippen LogP contribution is -1.98. The minimum absolute atomic E-state index is 0.306. The van der Waals surface area contributed by atoms with E-state index in [9.17, 15) is 5.11 Å². The summed E-state index contributed by atoms with van der Waals surface area (Å²) in [5.41, 5.74) is 0. The highest BCUT2D eigenvalue weighted by atomic mass is 79.9. The van der Waals surface area contributed by atoms with Gasteiger partial charge in [-0.05, 0) is 25.0 Å². The molecule has 2 nitrogen and oxygen atoms in total. The van der Waals surface area contributed by atoms with Gasteiger partial charge in [-0.3, -0.25) is 0 Å². The molecule has 0 saturated carbocycles. The summed E-state index contributed by atoms with van der Waals surface area (Å²) in [7, 11) is 0. The van der Waals surface area contributed by atoms with Crippen molar-refractivity contribution in [3.63, 3.8) is 0 Å². The van der Waals surface area contributed by atoms with E-state index in [0.29, 0.717) is 5.75 Å². The highest BCUT2D eigenvalue weighted by Gasteiger charge is 2.05. The van der Waals surface area contributed by atoms with Crippen molar-refractivity contribution in [1.82, 2.24) is 0 Å². The van der Waals surface area contributed by atoms with E-state index in [1.54, 1.807) is 6.07 Å². The van der Waals surface area contributed by atoms with Crippen LogP contribution in [0, 0.1) is 0 Å². The maximum atomic E-state index is 9.80. The van der Waals surface area contributed by atoms with Crippen molar-refractivity contribution in [2.24, 2.45) is 0 Å². The Kier molecular flexibility index (Phi) is 5.52. The number of fused-ring (bicyclic) bond motifs is 1. The minimum Gasteiger partial charge on any atom is -0.507 e. The third kappa shape index (κ3) is 3.87. The number of alkyl halides is 1. The highest BCUT2D eigenvalue weighted by molar-refractivity contribution is 9.09. The lowest BCUT2D eigenvalue weighted by Gasteiger charge is -2.10. The Morgan fingerprint density at radius 2 is 1.63 bits per heavy atom. The maximum Gasteiger partial charge on any atom is 0.127 e. The van der Waals surface area contributed by atoms with Gasteiger partial charge in [0, 0.05) is 16.1 Å². The number of ether oxygens (including phenoxy) is 1. The van der Waals surface area contributed by atoms with Crippen LogP contribution >= 0.6 is 15.9 Å². The molecule has 3 heteroatoms. The number of hydrogen-bond acceptors (Lipinski definition) is 2. The molecule has 2 aromatic carbocycles. The summed E-state index contributed by atoms with van der Waals surface area (Å²) < 4.78 is 5.83. The number of phenolic OH excluding ortho intramolecular Hbond substituents is 1. The summed E-state index contributed by atoms with van der Waals surface area (Å²) in [6.07, 6.45) is 4.73. The molecule has 0 unspecified atom stereocenters. The van der Waals surface area contributed by atoms with Crippen molar-refractivity contribution in [2.45, 2.75) is 25.7 Å². The average Bonchev–Trinajstić information content (AvgIpc) is 2.45. The monoisotopic (exact) mass is 322 g/mol. The number of aromatic hydroxyl groups is 1. The maximum absolute atomic E-state index is 9.80. The summed E-state index contributed by atoms with van der Waals surface area (Å²) in [5.74, 6) is 1.16. The van der Waals surface area contributed by atoms with Gasteiger partial charge in [0.15, 0.2) is 0 Å². The van der Waals surface area contributed by atoms with Crippen LogP contribution in [0.5, 0.6) is 11.5 Å². The van der Waals surface area contributed by atoms with Gasteiger partial charge in [-0.1, -0.05) is 53.0 Å². The second-order valence-corrected chi connectivity index (χ2v) is 5.37. The van der Waals surface area contributed by atoms with Crippen LogP contribution in [0.4, 0.5) is 0 Å². The quantitative estimate of drug-likeness (QED) is 0.581. The van der Waals surface area contributed by atoms with Crippen LogP contribution in [-0.2, 0) is 0 Å². The SMILES string of the molecule is Oc1ccc(OCCCCCCBr)c2ccccc12. The van der Waals surface area contributed by atoms with Crippen LogP contribution < -0.4 is 4.74 Å². The smallest absolute Gasteiger partial charge is 0.127 e.